The molecule has 84 valence electrons. The number of aromatic nitrogens is 1. The van der Waals surface area contributed by atoms with Crippen LogP contribution in [0.1, 0.15) is 50.8 Å². The highest BCUT2D eigenvalue weighted by Gasteiger charge is 2.22. The Morgan fingerprint density at radius 1 is 1.33 bits per heavy atom. The van der Waals surface area contributed by atoms with Gasteiger partial charge in [0.1, 0.15) is 0 Å². The molecule has 1 atom stereocenters. The third kappa shape index (κ3) is 3.63. The lowest BCUT2D eigenvalue weighted by Crippen LogP contribution is -2.21. The third-order valence-corrected chi connectivity index (χ3v) is 2.80. The highest BCUT2D eigenvalue weighted by atomic mass is 16.3. The van der Waals surface area contributed by atoms with Gasteiger partial charge < -0.3 is 5.11 Å². The van der Waals surface area contributed by atoms with Crippen molar-refractivity contribution in [2.24, 2.45) is 0 Å². The second kappa shape index (κ2) is 5.26. The zero-order valence-electron chi connectivity index (χ0n) is 9.95. The summed E-state index contributed by atoms with van der Waals surface area (Å²) >= 11 is 0. The number of aryl methyl sites for hydroxylation is 1. The first-order valence-electron chi connectivity index (χ1n) is 5.72. The average Bonchev–Trinajstić information content (AvgIpc) is 2.18. The Balaban J connectivity index is 2.63. The normalized spacial score (nSPS) is 14.9. The summed E-state index contributed by atoms with van der Waals surface area (Å²) in [4.78, 5) is 4.21. The standard InChI is InChI=1S/C13H21NO/c1-4-5-6-9-13(3,15)12-8-7-11(2)14-10-12/h7-8,10,15H,4-6,9H2,1-3H3. The van der Waals surface area contributed by atoms with Crippen LogP contribution in [0.4, 0.5) is 0 Å². The van der Waals surface area contributed by atoms with Gasteiger partial charge in [-0.1, -0.05) is 32.3 Å². The van der Waals surface area contributed by atoms with Gasteiger partial charge in [-0.3, -0.25) is 4.98 Å². The van der Waals surface area contributed by atoms with E-state index in [9.17, 15) is 5.11 Å². The number of aliphatic hydroxyl groups is 1. The molecular formula is C13H21NO. The molecule has 0 spiro atoms. The molecule has 1 unspecified atom stereocenters. The van der Waals surface area contributed by atoms with Gasteiger partial charge >= 0.3 is 0 Å². The molecule has 1 heterocycles. The van der Waals surface area contributed by atoms with Gasteiger partial charge in [-0.15, -0.1) is 0 Å². The molecule has 0 saturated carbocycles. The van der Waals surface area contributed by atoms with Gasteiger partial charge in [0.15, 0.2) is 0 Å². The Labute approximate surface area is 92.4 Å². The maximum absolute atomic E-state index is 10.3. The molecule has 1 aromatic rings. The summed E-state index contributed by atoms with van der Waals surface area (Å²) in [6.07, 6.45) is 6.02. The van der Waals surface area contributed by atoms with E-state index in [-0.39, 0.29) is 0 Å². The summed E-state index contributed by atoms with van der Waals surface area (Å²) in [7, 11) is 0. The molecule has 1 aromatic heterocycles. The second-order valence-corrected chi connectivity index (χ2v) is 4.42. The molecule has 0 aliphatic heterocycles. The minimum absolute atomic E-state index is 0.726. The van der Waals surface area contributed by atoms with E-state index < -0.39 is 5.60 Å². The van der Waals surface area contributed by atoms with Crippen molar-refractivity contribution < 1.29 is 5.11 Å². The van der Waals surface area contributed by atoms with E-state index in [4.69, 9.17) is 0 Å². The summed E-state index contributed by atoms with van der Waals surface area (Å²) in [5.74, 6) is 0. The van der Waals surface area contributed by atoms with Crippen LogP contribution in [0.2, 0.25) is 0 Å². The first-order chi connectivity index (χ1) is 7.06. The summed E-state index contributed by atoms with van der Waals surface area (Å²) in [5.41, 5.74) is 1.18. The van der Waals surface area contributed by atoms with Crippen molar-refractivity contribution >= 4 is 0 Å². The van der Waals surface area contributed by atoms with Crippen molar-refractivity contribution in [3.05, 3.63) is 29.6 Å². The molecule has 0 bridgehead atoms. The SMILES string of the molecule is CCCCCC(C)(O)c1ccc(C)nc1. The Hall–Kier alpha value is -0.890. The smallest absolute Gasteiger partial charge is 0.0883 e. The highest BCUT2D eigenvalue weighted by Crippen LogP contribution is 2.26. The summed E-state index contributed by atoms with van der Waals surface area (Å²) < 4.78 is 0. The van der Waals surface area contributed by atoms with Crippen molar-refractivity contribution in [1.29, 1.82) is 0 Å². The van der Waals surface area contributed by atoms with Crippen molar-refractivity contribution in [2.45, 2.75) is 52.1 Å². The quantitative estimate of drug-likeness (QED) is 0.752. The first-order valence-corrected chi connectivity index (χ1v) is 5.72. The molecule has 2 nitrogen and oxygen atoms in total. The number of unbranched alkanes of at least 4 members (excludes halogenated alkanes) is 2. The molecular weight excluding hydrogens is 186 g/mol. The van der Waals surface area contributed by atoms with E-state index in [2.05, 4.69) is 11.9 Å². The summed E-state index contributed by atoms with van der Waals surface area (Å²) in [6, 6.07) is 3.91. The molecule has 1 rings (SSSR count). The van der Waals surface area contributed by atoms with E-state index in [1.165, 1.54) is 12.8 Å². The molecule has 0 amide bonds. The van der Waals surface area contributed by atoms with Gasteiger partial charge in [0.2, 0.25) is 0 Å². The average molecular weight is 207 g/mol. The Bertz CT molecular complexity index is 290. The van der Waals surface area contributed by atoms with Gasteiger partial charge in [0.25, 0.3) is 0 Å². The van der Waals surface area contributed by atoms with Gasteiger partial charge in [0.05, 0.1) is 5.60 Å². The first kappa shape index (κ1) is 12.2. The molecule has 15 heavy (non-hydrogen) atoms. The van der Waals surface area contributed by atoms with Crippen LogP contribution in [-0.4, -0.2) is 10.1 Å². The third-order valence-electron chi connectivity index (χ3n) is 2.80. The van der Waals surface area contributed by atoms with Crippen LogP contribution in [-0.2, 0) is 5.60 Å². The lowest BCUT2D eigenvalue weighted by molar-refractivity contribution is 0.0446. The minimum atomic E-state index is -0.726. The molecule has 0 saturated heterocycles. The molecule has 0 aliphatic rings. The zero-order chi connectivity index (χ0) is 11.3. The van der Waals surface area contributed by atoms with E-state index >= 15 is 0 Å². The Morgan fingerprint density at radius 2 is 2.07 bits per heavy atom. The summed E-state index contributed by atoms with van der Waals surface area (Å²) in [5, 5.41) is 10.3. The Kier molecular flexibility index (Phi) is 4.28. The second-order valence-electron chi connectivity index (χ2n) is 4.42. The lowest BCUT2D eigenvalue weighted by Gasteiger charge is -2.23. The fourth-order valence-corrected chi connectivity index (χ4v) is 1.65. The molecule has 0 aliphatic carbocycles. The van der Waals surface area contributed by atoms with Crippen LogP contribution < -0.4 is 0 Å². The minimum Gasteiger partial charge on any atom is -0.385 e. The van der Waals surface area contributed by atoms with Crippen LogP contribution in [0.15, 0.2) is 18.3 Å². The van der Waals surface area contributed by atoms with Gasteiger partial charge in [-0.25, -0.2) is 0 Å². The topological polar surface area (TPSA) is 33.1 Å². The monoisotopic (exact) mass is 207 g/mol. The van der Waals surface area contributed by atoms with Crippen molar-refractivity contribution in [3.8, 4) is 0 Å². The van der Waals surface area contributed by atoms with E-state index in [0.717, 1.165) is 24.1 Å². The van der Waals surface area contributed by atoms with Crippen molar-refractivity contribution in [3.63, 3.8) is 0 Å². The summed E-state index contributed by atoms with van der Waals surface area (Å²) in [6.45, 7) is 5.99. The zero-order valence-corrected chi connectivity index (χ0v) is 9.95. The van der Waals surface area contributed by atoms with E-state index in [0.29, 0.717) is 0 Å². The van der Waals surface area contributed by atoms with Gasteiger partial charge in [-0.2, -0.15) is 0 Å². The van der Waals surface area contributed by atoms with E-state index in [1.807, 2.05) is 26.0 Å². The number of hydrogen-bond acceptors (Lipinski definition) is 2. The number of pyridine rings is 1. The molecule has 0 aromatic carbocycles. The van der Waals surface area contributed by atoms with Crippen LogP contribution in [0.3, 0.4) is 0 Å². The van der Waals surface area contributed by atoms with Crippen LogP contribution in [0.5, 0.6) is 0 Å². The van der Waals surface area contributed by atoms with Crippen molar-refractivity contribution in [1.82, 2.24) is 4.98 Å². The lowest BCUT2D eigenvalue weighted by atomic mass is 9.91. The molecule has 0 fully saturated rings. The fourth-order valence-electron chi connectivity index (χ4n) is 1.65. The molecule has 2 heteroatoms. The van der Waals surface area contributed by atoms with Crippen LogP contribution >= 0.6 is 0 Å². The van der Waals surface area contributed by atoms with Crippen LogP contribution in [0.25, 0.3) is 0 Å². The Morgan fingerprint density at radius 3 is 2.60 bits per heavy atom. The molecule has 1 N–H and O–H groups in total. The highest BCUT2D eigenvalue weighted by molar-refractivity contribution is 5.19. The number of nitrogens with zero attached hydrogens (tertiary/aromatic N) is 1. The van der Waals surface area contributed by atoms with Gasteiger partial charge in [-0.05, 0) is 26.3 Å². The largest absolute Gasteiger partial charge is 0.385 e. The van der Waals surface area contributed by atoms with Crippen LogP contribution in [0, 0.1) is 6.92 Å². The molecule has 0 radical (unpaired) electrons. The van der Waals surface area contributed by atoms with Crippen molar-refractivity contribution in [2.75, 3.05) is 0 Å². The van der Waals surface area contributed by atoms with Gasteiger partial charge in [0, 0.05) is 17.5 Å². The maximum Gasteiger partial charge on any atom is 0.0883 e. The number of hydrogen-bond donors (Lipinski definition) is 1. The predicted molar refractivity (Wildman–Crippen MR) is 62.7 cm³/mol. The van der Waals surface area contributed by atoms with E-state index in [1.54, 1.807) is 6.20 Å². The maximum atomic E-state index is 10.3. The fraction of sp³-hybridized carbons (Fsp3) is 0.615. The number of rotatable bonds is 5. The predicted octanol–water partition coefficient (Wildman–Crippen LogP) is 3.18.